The van der Waals surface area contributed by atoms with Gasteiger partial charge in [-0.3, -0.25) is 14.4 Å². The molecule has 3 amide bonds. The maximum absolute atomic E-state index is 13.9. The van der Waals surface area contributed by atoms with Crippen LogP contribution in [0.3, 0.4) is 0 Å². The number of hydrogen-bond acceptors (Lipinski definition) is 5. The van der Waals surface area contributed by atoms with Gasteiger partial charge in [-0.2, -0.15) is 0 Å². The number of para-hydroxylation sites is 2. The van der Waals surface area contributed by atoms with Crippen molar-refractivity contribution < 1.29 is 19.1 Å². The van der Waals surface area contributed by atoms with E-state index in [9.17, 15) is 14.4 Å². The number of benzene rings is 2. The molecule has 1 spiro atoms. The van der Waals surface area contributed by atoms with Crippen molar-refractivity contribution in [3.8, 4) is 5.75 Å². The van der Waals surface area contributed by atoms with Crippen LogP contribution in [0.15, 0.2) is 60.7 Å². The average Bonchev–Trinajstić information content (AvgIpc) is 3.23. The Balaban J connectivity index is 1.22. The van der Waals surface area contributed by atoms with Gasteiger partial charge in [0.15, 0.2) is 6.61 Å². The normalized spacial score (nSPS) is 19.6. The van der Waals surface area contributed by atoms with Crippen LogP contribution in [0.5, 0.6) is 5.75 Å². The first-order valence-corrected chi connectivity index (χ1v) is 13.9. The second-order valence-corrected chi connectivity index (χ2v) is 10.7. The number of nitrogens with zero attached hydrogens (tertiary/aromatic N) is 3. The SMILES string of the molecule is O=C(CN1CN(c2ccccc2)C2(CCN(C(=O)COc3ccccc3)CC2)C1=O)NCC1CCCCC1. The third kappa shape index (κ3) is 5.79. The minimum absolute atomic E-state index is 0.0261. The summed E-state index contributed by atoms with van der Waals surface area (Å²) in [4.78, 5) is 45.2. The summed E-state index contributed by atoms with van der Waals surface area (Å²) in [7, 11) is 0. The van der Waals surface area contributed by atoms with E-state index in [0.29, 0.717) is 50.8 Å². The van der Waals surface area contributed by atoms with Crippen molar-refractivity contribution in [2.75, 3.05) is 44.4 Å². The molecule has 2 aliphatic heterocycles. The lowest BCUT2D eigenvalue weighted by Gasteiger charge is -2.43. The van der Waals surface area contributed by atoms with E-state index in [-0.39, 0.29) is 30.9 Å². The van der Waals surface area contributed by atoms with Crippen LogP contribution in [-0.4, -0.2) is 72.5 Å². The van der Waals surface area contributed by atoms with Gasteiger partial charge in [0.25, 0.3) is 11.8 Å². The Morgan fingerprint density at radius 3 is 2.26 bits per heavy atom. The minimum atomic E-state index is -0.762. The number of nitrogens with one attached hydrogen (secondary N) is 1. The Morgan fingerprint density at radius 2 is 1.58 bits per heavy atom. The predicted octanol–water partition coefficient (Wildman–Crippen LogP) is 3.43. The van der Waals surface area contributed by atoms with Gasteiger partial charge in [-0.05, 0) is 55.9 Å². The maximum atomic E-state index is 13.9. The summed E-state index contributed by atoms with van der Waals surface area (Å²) in [5.74, 6) is 0.996. The zero-order valence-electron chi connectivity index (χ0n) is 22.0. The molecule has 1 aliphatic carbocycles. The van der Waals surface area contributed by atoms with Crippen LogP contribution in [-0.2, 0) is 14.4 Å². The molecule has 202 valence electrons. The van der Waals surface area contributed by atoms with E-state index in [1.165, 1.54) is 32.1 Å². The van der Waals surface area contributed by atoms with Gasteiger partial charge in [0.05, 0.1) is 6.67 Å². The topological polar surface area (TPSA) is 82.2 Å². The van der Waals surface area contributed by atoms with Crippen molar-refractivity contribution in [1.29, 1.82) is 0 Å². The highest BCUT2D eigenvalue weighted by Crippen LogP contribution is 2.39. The molecule has 3 fully saturated rings. The van der Waals surface area contributed by atoms with E-state index in [2.05, 4.69) is 10.2 Å². The molecule has 0 aromatic heterocycles. The smallest absolute Gasteiger partial charge is 0.260 e. The van der Waals surface area contributed by atoms with Crippen LogP contribution in [0, 0.1) is 5.92 Å². The second-order valence-electron chi connectivity index (χ2n) is 10.7. The van der Waals surface area contributed by atoms with Gasteiger partial charge in [0, 0.05) is 25.3 Å². The summed E-state index contributed by atoms with van der Waals surface area (Å²) in [6.45, 7) is 2.02. The highest BCUT2D eigenvalue weighted by molar-refractivity contribution is 5.96. The van der Waals surface area contributed by atoms with Crippen molar-refractivity contribution in [2.45, 2.75) is 50.5 Å². The highest BCUT2D eigenvalue weighted by atomic mass is 16.5. The van der Waals surface area contributed by atoms with Crippen LogP contribution in [0.4, 0.5) is 5.69 Å². The number of piperidine rings is 1. The molecule has 2 heterocycles. The molecule has 1 N–H and O–H groups in total. The molecule has 38 heavy (non-hydrogen) atoms. The first kappa shape index (κ1) is 26.1. The van der Waals surface area contributed by atoms with Gasteiger partial charge in [-0.1, -0.05) is 55.7 Å². The molecular weight excluding hydrogens is 480 g/mol. The lowest BCUT2D eigenvalue weighted by atomic mass is 9.85. The van der Waals surface area contributed by atoms with Crippen molar-refractivity contribution >= 4 is 23.4 Å². The van der Waals surface area contributed by atoms with Gasteiger partial charge in [-0.25, -0.2) is 0 Å². The monoisotopic (exact) mass is 518 g/mol. The van der Waals surface area contributed by atoms with Crippen LogP contribution in [0.25, 0.3) is 0 Å². The summed E-state index contributed by atoms with van der Waals surface area (Å²) in [6.07, 6.45) is 7.11. The number of likely N-dealkylation sites (tertiary alicyclic amines) is 1. The van der Waals surface area contributed by atoms with Crippen molar-refractivity contribution in [2.24, 2.45) is 5.92 Å². The van der Waals surface area contributed by atoms with E-state index >= 15 is 0 Å². The molecule has 2 saturated heterocycles. The zero-order valence-corrected chi connectivity index (χ0v) is 22.0. The fraction of sp³-hybridized carbons (Fsp3) is 0.500. The standard InChI is InChI=1S/C30H38N4O4/c35-27(31-20-24-10-4-1-5-11-24)21-33-23-34(25-12-6-2-7-13-25)30(29(33)37)16-18-32(19-17-30)28(36)22-38-26-14-8-3-9-15-26/h2-3,6-9,12-15,24H,1,4-5,10-11,16-23H2,(H,31,35). The lowest BCUT2D eigenvalue weighted by Crippen LogP contribution is -2.58. The lowest BCUT2D eigenvalue weighted by molar-refractivity contribution is -0.140. The Bertz CT molecular complexity index is 1100. The van der Waals surface area contributed by atoms with Crippen LogP contribution in [0.1, 0.15) is 44.9 Å². The van der Waals surface area contributed by atoms with Crippen molar-refractivity contribution in [3.05, 3.63) is 60.7 Å². The number of amides is 3. The second kappa shape index (κ2) is 11.9. The first-order chi connectivity index (χ1) is 18.5. The zero-order chi connectivity index (χ0) is 26.4. The van der Waals surface area contributed by atoms with E-state index in [4.69, 9.17) is 4.74 Å². The third-order valence-electron chi connectivity index (χ3n) is 8.28. The van der Waals surface area contributed by atoms with Gasteiger partial charge in [0.1, 0.15) is 17.8 Å². The van der Waals surface area contributed by atoms with E-state index in [0.717, 1.165) is 5.69 Å². The van der Waals surface area contributed by atoms with Crippen LogP contribution >= 0.6 is 0 Å². The molecule has 3 aliphatic rings. The molecule has 0 bridgehead atoms. The Hall–Kier alpha value is -3.55. The van der Waals surface area contributed by atoms with Crippen molar-refractivity contribution in [1.82, 2.24) is 15.1 Å². The number of ether oxygens (including phenoxy) is 1. The number of rotatable bonds is 8. The number of carbonyl (C=O) groups is 3. The van der Waals surface area contributed by atoms with Gasteiger partial charge < -0.3 is 24.8 Å². The molecule has 0 atom stereocenters. The van der Waals surface area contributed by atoms with Crippen LogP contribution in [0.2, 0.25) is 0 Å². The van der Waals surface area contributed by atoms with Crippen LogP contribution < -0.4 is 15.0 Å². The predicted molar refractivity (Wildman–Crippen MR) is 146 cm³/mol. The van der Waals surface area contributed by atoms with Gasteiger partial charge in [-0.15, -0.1) is 0 Å². The molecule has 2 aromatic carbocycles. The number of carbonyl (C=O) groups excluding carboxylic acids is 3. The summed E-state index contributed by atoms with van der Waals surface area (Å²) in [5.41, 5.74) is 0.195. The van der Waals surface area contributed by atoms with E-state index < -0.39 is 5.54 Å². The largest absolute Gasteiger partial charge is 0.484 e. The molecule has 8 nitrogen and oxygen atoms in total. The fourth-order valence-corrected chi connectivity index (χ4v) is 6.08. The summed E-state index contributed by atoms with van der Waals surface area (Å²) >= 11 is 0. The summed E-state index contributed by atoms with van der Waals surface area (Å²) in [5, 5.41) is 3.08. The van der Waals surface area contributed by atoms with Gasteiger partial charge in [0.2, 0.25) is 5.91 Å². The quantitative estimate of drug-likeness (QED) is 0.579. The average molecular weight is 519 g/mol. The van der Waals surface area contributed by atoms with E-state index in [1.54, 1.807) is 9.80 Å². The first-order valence-electron chi connectivity index (χ1n) is 13.9. The summed E-state index contributed by atoms with van der Waals surface area (Å²) < 4.78 is 5.66. The Labute approximate surface area is 224 Å². The maximum Gasteiger partial charge on any atom is 0.260 e. The fourth-order valence-electron chi connectivity index (χ4n) is 6.08. The number of anilines is 1. The molecule has 1 saturated carbocycles. The highest BCUT2D eigenvalue weighted by Gasteiger charge is 2.54. The Morgan fingerprint density at radius 1 is 0.921 bits per heavy atom. The molecule has 2 aromatic rings. The Kier molecular flexibility index (Phi) is 8.15. The molecule has 8 heteroatoms. The number of hydrogen-bond donors (Lipinski definition) is 1. The molecular formula is C30H38N4O4. The van der Waals surface area contributed by atoms with Crippen molar-refractivity contribution in [3.63, 3.8) is 0 Å². The molecule has 5 rings (SSSR count). The minimum Gasteiger partial charge on any atom is -0.484 e. The molecule has 0 radical (unpaired) electrons. The summed E-state index contributed by atoms with van der Waals surface area (Å²) in [6, 6.07) is 19.2. The van der Waals surface area contributed by atoms with Gasteiger partial charge >= 0.3 is 0 Å². The van der Waals surface area contributed by atoms with E-state index in [1.807, 2.05) is 60.7 Å². The molecule has 0 unspecified atom stereocenters. The third-order valence-corrected chi connectivity index (χ3v) is 8.28.